The molecule has 17 heavy (non-hydrogen) atoms. The molecule has 1 heterocycles. The second-order valence-corrected chi connectivity index (χ2v) is 6.65. The van der Waals surface area contributed by atoms with Crippen molar-refractivity contribution in [2.24, 2.45) is 5.73 Å². The van der Waals surface area contributed by atoms with Gasteiger partial charge in [-0.1, -0.05) is 0 Å². The first kappa shape index (κ1) is 13.9. The maximum atomic E-state index is 11.8. The molecule has 6 nitrogen and oxygen atoms in total. The van der Waals surface area contributed by atoms with Crippen LogP contribution < -0.4 is 10.5 Å². The highest BCUT2D eigenvalue weighted by Crippen LogP contribution is 2.10. The van der Waals surface area contributed by atoms with Crippen LogP contribution in [-0.2, 0) is 15.6 Å². The highest BCUT2D eigenvalue weighted by Gasteiger charge is 2.23. The van der Waals surface area contributed by atoms with Crippen molar-refractivity contribution in [3.05, 3.63) is 17.8 Å². The molecule has 0 aliphatic heterocycles. The molecule has 0 radical (unpaired) electrons. The van der Waals surface area contributed by atoms with Gasteiger partial charge < -0.3 is 10.5 Å². The molecule has 1 rings (SSSR count). The van der Waals surface area contributed by atoms with Crippen LogP contribution in [0, 0.1) is 0 Å². The molecular formula is C10H17N3O3S. The Morgan fingerprint density at radius 3 is 2.41 bits per heavy atom. The van der Waals surface area contributed by atoms with Crippen molar-refractivity contribution in [3.63, 3.8) is 0 Å². The van der Waals surface area contributed by atoms with E-state index in [0.717, 1.165) is 0 Å². The van der Waals surface area contributed by atoms with Crippen molar-refractivity contribution < 1.29 is 13.2 Å². The molecule has 0 aliphatic carbocycles. The summed E-state index contributed by atoms with van der Waals surface area (Å²) in [7, 11) is -1.81. The summed E-state index contributed by atoms with van der Waals surface area (Å²) in [6.45, 7) is 3.34. The van der Waals surface area contributed by atoms with Gasteiger partial charge in [0, 0.05) is 11.6 Å². The number of rotatable bonds is 5. The van der Waals surface area contributed by atoms with Gasteiger partial charge in [0.2, 0.25) is 5.88 Å². The number of nitrogens with zero attached hydrogens (tertiary/aromatic N) is 2. The van der Waals surface area contributed by atoms with Gasteiger partial charge in [-0.25, -0.2) is 8.42 Å². The van der Waals surface area contributed by atoms with Crippen molar-refractivity contribution in [1.29, 1.82) is 0 Å². The van der Waals surface area contributed by atoms with E-state index in [0.29, 0.717) is 11.6 Å². The standard InChI is InChI=1S/C10H17N3O3S/c1-10(2,11)7-17(14,15)6-8-4-5-9(16-3)13-12-8/h4-5H,6-7,11H2,1-3H3. The van der Waals surface area contributed by atoms with E-state index in [-0.39, 0.29) is 11.5 Å². The normalized spacial score (nSPS) is 12.5. The number of hydrogen-bond acceptors (Lipinski definition) is 6. The van der Waals surface area contributed by atoms with Crippen LogP contribution in [0.15, 0.2) is 12.1 Å². The zero-order chi connectivity index (χ0) is 13.1. The van der Waals surface area contributed by atoms with E-state index in [2.05, 4.69) is 10.2 Å². The van der Waals surface area contributed by atoms with Crippen molar-refractivity contribution in [2.75, 3.05) is 12.9 Å². The molecule has 0 bridgehead atoms. The summed E-state index contributed by atoms with van der Waals surface area (Å²) in [5.74, 6) is 0.100. The minimum atomic E-state index is -3.28. The minimum absolute atomic E-state index is 0.0896. The molecule has 0 spiro atoms. The molecule has 0 aliphatic rings. The van der Waals surface area contributed by atoms with Crippen LogP contribution in [0.2, 0.25) is 0 Å². The highest BCUT2D eigenvalue weighted by atomic mass is 32.2. The fourth-order valence-electron chi connectivity index (χ4n) is 1.38. The summed E-state index contributed by atoms with van der Waals surface area (Å²) < 4.78 is 28.4. The predicted molar refractivity (Wildman–Crippen MR) is 64.3 cm³/mol. The van der Waals surface area contributed by atoms with Gasteiger partial charge in [0.05, 0.1) is 24.3 Å². The molecule has 0 saturated heterocycles. The third kappa shape index (κ3) is 5.10. The summed E-state index contributed by atoms with van der Waals surface area (Å²) in [5, 5.41) is 7.48. The van der Waals surface area contributed by atoms with E-state index in [1.807, 2.05) is 0 Å². The number of aromatic nitrogens is 2. The second kappa shape index (κ2) is 4.97. The SMILES string of the molecule is COc1ccc(CS(=O)(=O)CC(C)(C)N)nn1. The average molecular weight is 259 g/mol. The smallest absolute Gasteiger partial charge is 0.233 e. The molecule has 0 fully saturated rings. The Labute approximate surface area is 101 Å². The molecule has 0 atom stereocenters. The number of methoxy groups -OCH3 is 1. The Bertz CT molecular complexity index is 463. The fourth-order valence-corrected chi connectivity index (χ4v) is 3.22. The van der Waals surface area contributed by atoms with Crippen LogP contribution in [-0.4, -0.2) is 37.0 Å². The maximum Gasteiger partial charge on any atom is 0.233 e. The Balaban J connectivity index is 2.76. The van der Waals surface area contributed by atoms with Gasteiger partial charge in [-0.05, 0) is 19.9 Å². The van der Waals surface area contributed by atoms with E-state index in [1.54, 1.807) is 26.0 Å². The lowest BCUT2D eigenvalue weighted by Gasteiger charge is -2.17. The van der Waals surface area contributed by atoms with Crippen LogP contribution in [0.1, 0.15) is 19.5 Å². The summed E-state index contributed by atoms with van der Waals surface area (Å²) in [5.41, 5.74) is 5.32. The molecular weight excluding hydrogens is 242 g/mol. The van der Waals surface area contributed by atoms with Gasteiger partial charge in [-0.2, -0.15) is 5.10 Å². The van der Waals surface area contributed by atoms with Crippen molar-refractivity contribution in [3.8, 4) is 5.88 Å². The van der Waals surface area contributed by atoms with E-state index in [4.69, 9.17) is 10.5 Å². The maximum absolute atomic E-state index is 11.8. The Morgan fingerprint density at radius 1 is 1.35 bits per heavy atom. The van der Waals surface area contributed by atoms with Crippen molar-refractivity contribution in [2.45, 2.75) is 25.1 Å². The zero-order valence-electron chi connectivity index (χ0n) is 10.2. The molecule has 2 N–H and O–H groups in total. The number of sulfone groups is 1. The van der Waals surface area contributed by atoms with Gasteiger partial charge in [-0.15, -0.1) is 5.10 Å². The topological polar surface area (TPSA) is 95.2 Å². The third-order valence-electron chi connectivity index (χ3n) is 1.86. The summed E-state index contributed by atoms with van der Waals surface area (Å²) in [4.78, 5) is 0. The molecule has 0 saturated carbocycles. The Morgan fingerprint density at radius 2 is 2.00 bits per heavy atom. The predicted octanol–water partition coefficient (Wildman–Crippen LogP) is 0.137. The molecule has 0 unspecified atom stereocenters. The average Bonchev–Trinajstić information content (AvgIpc) is 2.14. The minimum Gasteiger partial charge on any atom is -0.480 e. The first-order valence-electron chi connectivity index (χ1n) is 5.08. The molecule has 1 aromatic heterocycles. The van der Waals surface area contributed by atoms with Crippen LogP contribution in [0.5, 0.6) is 5.88 Å². The Hall–Kier alpha value is -1.21. The summed E-state index contributed by atoms with van der Waals surface area (Å²) in [6.07, 6.45) is 0. The first-order valence-corrected chi connectivity index (χ1v) is 6.90. The zero-order valence-corrected chi connectivity index (χ0v) is 11.0. The third-order valence-corrected chi connectivity index (χ3v) is 3.78. The number of nitrogens with two attached hydrogens (primary N) is 1. The van der Waals surface area contributed by atoms with Gasteiger partial charge in [0.25, 0.3) is 0 Å². The Kier molecular flexibility index (Phi) is 4.05. The van der Waals surface area contributed by atoms with Crippen molar-refractivity contribution >= 4 is 9.84 Å². The largest absolute Gasteiger partial charge is 0.480 e. The van der Waals surface area contributed by atoms with E-state index in [1.165, 1.54) is 7.11 Å². The number of ether oxygens (including phenoxy) is 1. The molecule has 0 amide bonds. The van der Waals surface area contributed by atoms with Gasteiger partial charge in [0.15, 0.2) is 9.84 Å². The second-order valence-electron chi connectivity index (χ2n) is 4.59. The van der Waals surface area contributed by atoms with Crippen LogP contribution in [0.3, 0.4) is 0 Å². The highest BCUT2D eigenvalue weighted by molar-refractivity contribution is 7.90. The van der Waals surface area contributed by atoms with Crippen LogP contribution in [0.4, 0.5) is 0 Å². The molecule has 0 aromatic carbocycles. The molecule has 7 heteroatoms. The van der Waals surface area contributed by atoms with E-state index >= 15 is 0 Å². The lowest BCUT2D eigenvalue weighted by molar-refractivity contribution is 0.391. The summed E-state index contributed by atoms with van der Waals surface area (Å²) in [6, 6.07) is 3.15. The monoisotopic (exact) mass is 259 g/mol. The van der Waals surface area contributed by atoms with E-state index in [9.17, 15) is 8.42 Å². The quantitative estimate of drug-likeness (QED) is 0.808. The first-order chi connectivity index (χ1) is 7.72. The van der Waals surface area contributed by atoms with Crippen molar-refractivity contribution in [1.82, 2.24) is 10.2 Å². The number of hydrogen-bond donors (Lipinski definition) is 1. The van der Waals surface area contributed by atoms with Gasteiger partial charge >= 0.3 is 0 Å². The molecule has 1 aromatic rings. The van der Waals surface area contributed by atoms with E-state index < -0.39 is 15.4 Å². The lowest BCUT2D eigenvalue weighted by Crippen LogP contribution is -2.40. The molecule has 96 valence electrons. The van der Waals surface area contributed by atoms with Gasteiger partial charge in [0.1, 0.15) is 0 Å². The lowest BCUT2D eigenvalue weighted by atomic mass is 10.1. The summed E-state index contributed by atoms with van der Waals surface area (Å²) >= 11 is 0. The van der Waals surface area contributed by atoms with Crippen LogP contribution in [0.25, 0.3) is 0 Å². The van der Waals surface area contributed by atoms with Gasteiger partial charge in [-0.3, -0.25) is 0 Å². The fraction of sp³-hybridized carbons (Fsp3) is 0.600. The van der Waals surface area contributed by atoms with Crippen LogP contribution >= 0.6 is 0 Å².